The van der Waals surface area contributed by atoms with Gasteiger partial charge in [0.1, 0.15) is 5.75 Å². The molecule has 1 aromatic carbocycles. The summed E-state index contributed by atoms with van der Waals surface area (Å²) in [6.45, 7) is 8.64. The van der Waals surface area contributed by atoms with Gasteiger partial charge in [0.05, 0.1) is 11.7 Å². The van der Waals surface area contributed by atoms with E-state index < -0.39 is 0 Å². The summed E-state index contributed by atoms with van der Waals surface area (Å²) >= 11 is 0. The Hall–Kier alpha value is -1.06. The molecule has 3 nitrogen and oxygen atoms in total. The molecule has 0 aromatic heterocycles. The van der Waals surface area contributed by atoms with Gasteiger partial charge in [0, 0.05) is 13.5 Å². The van der Waals surface area contributed by atoms with Gasteiger partial charge in [-0.2, -0.15) is 0 Å². The normalized spacial score (nSPS) is 18.8. The Morgan fingerprint density at radius 1 is 1.08 bits per heavy atom. The molecule has 3 heteroatoms. The van der Waals surface area contributed by atoms with Crippen LogP contribution < -0.4 is 4.74 Å². The molecule has 2 rings (SSSR count). The van der Waals surface area contributed by atoms with Gasteiger partial charge in [-0.1, -0.05) is 45.2 Å². The molecule has 2 unspecified atom stereocenters. The Labute approximate surface area is 154 Å². The maximum Gasteiger partial charge on any atom is 0.202 e. The molecule has 0 radical (unpaired) electrons. The van der Waals surface area contributed by atoms with Crippen LogP contribution in [0.1, 0.15) is 84.1 Å². The van der Waals surface area contributed by atoms with Gasteiger partial charge in [0.25, 0.3) is 0 Å². The molecule has 25 heavy (non-hydrogen) atoms. The van der Waals surface area contributed by atoms with Crippen molar-refractivity contribution in [2.24, 2.45) is 0 Å². The topological polar surface area (TPSA) is 27.7 Å². The van der Waals surface area contributed by atoms with Crippen LogP contribution in [0.4, 0.5) is 0 Å². The van der Waals surface area contributed by atoms with Crippen LogP contribution in [0.25, 0.3) is 0 Å². The van der Waals surface area contributed by atoms with E-state index in [1.165, 1.54) is 24.8 Å². The van der Waals surface area contributed by atoms with Crippen molar-refractivity contribution in [2.45, 2.75) is 96.6 Å². The first-order valence-electron chi connectivity index (χ1n) is 9.90. The smallest absolute Gasteiger partial charge is 0.202 e. The monoisotopic (exact) mass is 348 g/mol. The van der Waals surface area contributed by atoms with E-state index in [1.807, 2.05) is 0 Å². The third-order valence-corrected chi connectivity index (χ3v) is 5.44. The predicted molar refractivity (Wildman–Crippen MR) is 103 cm³/mol. The second-order valence-corrected chi connectivity index (χ2v) is 7.99. The lowest BCUT2D eigenvalue weighted by molar-refractivity contribution is -0.159. The zero-order chi connectivity index (χ0) is 18.3. The first-order valence-corrected chi connectivity index (χ1v) is 9.90. The molecule has 1 fully saturated rings. The molecule has 0 spiro atoms. The molecule has 2 atom stereocenters. The molecule has 1 aliphatic carbocycles. The molecule has 0 saturated heterocycles. The van der Waals surface area contributed by atoms with E-state index in [4.69, 9.17) is 14.2 Å². The third kappa shape index (κ3) is 6.63. The van der Waals surface area contributed by atoms with Gasteiger partial charge < -0.3 is 14.2 Å². The minimum Gasteiger partial charge on any atom is -0.465 e. The average Bonchev–Trinajstić information content (AvgIpc) is 2.62. The SMILES string of the molecule is CCC(C)c1ccc(OC(CC(C)(C)OC)OC2CCCCC2)cc1. The summed E-state index contributed by atoms with van der Waals surface area (Å²) in [4.78, 5) is 0. The molecule has 0 bridgehead atoms. The van der Waals surface area contributed by atoms with Gasteiger partial charge in [-0.25, -0.2) is 0 Å². The van der Waals surface area contributed by atoms with Crippen molar-refractivity contribution in [1.82, 2.24) is 0 Å². The Morgan fingerprint density at radius 3 is 2.28 bits per heavy atom. The van der Waals surface area contributed by atoms with E-state index in [0.29, 0.717) is 18.4 Å². The lowest BCUT2D eigenvalue weighted by atomic mass is 9.97. The van der Waals surface area contributed by atoms with Crippen LogP contribution in [-0.2, 0) is 9.47 Å². The Morgan fingerprint density at radius 2 is 1.72 bits per heavy atom. The average molecular weight is 349 g/mol. The van der Waals surface area contributed by atoms with E-state index in [9.17, 15) is 0 Å². The molecular formula is C22H36O3. The van der Waals surface area contributed by atoms with Crippen LogP contribution in [0.2, 0.25) is 0 Å². The van der Waals surface area contributed by atoms with Crippen molar-refractivity contribution in [1.29, 1.82) is 0 Å². The highest BCUT2D eigenvalue weighted by atomic mass is 16.7. The second kappa shape index (κ2) is 9.59. The highest BCUT2D eigenvalue weighted by Crippen LogP contribution is 2.28. The number of hydrogen-bond donors (Lipinski definition) is 0. The molecule has 142 valence electrons. The summed E-state index contributed by atoms with van der Waals surface area (Å²) in [5, 5.41) is 0. The highest BCUT2D eigenvalue weighted by Gasteiger charge is 2.28. The minimum absolute atomic E-state index is 0.268. The van der Waals surface area contributed by atoms with Gasteiger partial charge in [-0.05, 0) is 56.7 Å². The first kappa shape index (κ1) is 20.3. The van der Waals surface area contributed by atoms with E-state index >= 15 is 0 Å². The van der Waals surface area contributed by atoms with E-state index in [-0.39, 0.29) is 11.9 Å². The molecule has 0 aliphatic heterocycles. The van der Waals surface area contributed by atoms with Crippen LogP contribution >= 0.6 is 0 Å². The summed E-state index contributed by atoms with van der Waals surface area (Å²) in [6, 6.07) is 8.47. The predicted octanol–water partition coefficient (Wildman–Crippen LogP) is 6.07. The largest absolute Gasteiger partial charge is 0.465 e. The lowest BCUT2D eigenvalue weighted by Gasteiger charge is -2.32. The van der Waals surface area contributed by atoms with E-state index in [1.54, 1.807) is 7.11 Å². The van der Waals surface area contributed by atoms with Crippen LogP contribution in [0, 0.1) is 0 Å². The molecule has 1 aliphatic rings. The maximum absolute atomic E-state index is 6.33. The number of methoxy groups -OCH3 is 1. The van der Waals surface area contributed by atoms with E-state index in [2.05, 4.69) is 52.0 Å². The maximum atomic E-state index is 6.33. The van der Waals surface area contributed by atoms with Crippen molar-refractivity contribution in [2.75, 3.05) is 7.11 Å². The first-order chi connectivity index (χ1) is 11.9. The summed E-state index contributed by atoms with van der Waals surface area (Å²) in [5.41, 5.74) is 1.09. The fourth-order valence-corrected chi connectivity index (χ4v) is 3.28. The molecule has 1 aromatic rings. The number of ether oxygens (including phenoxy) is 3. The van der Waals surface area contributed by atoms with Crippen molar-refractivity contribution in [3.8, 4) is 5.75 Å². The summed E-state index contributed by atoms with van der Waals surface area (Å²) in [5.74, 6) is 1.45. The summed E-state index contributed by atoms with van der Waals surface area (Å²) in [7, 11) is 1.75. The lowest BCUT2D eigenvalue weighted by Crippen LogP contribution is -2.36. The van der Waals surface area contributed by atoms with Crippen molar-refractivity contribution < 1.29 is 14.2 Å². The Bertz CT molecular complexity index is 488. The quantitative estimate of drug-likeness (QED) is 0.507. The van der Waals surface area contributed by atoms with Gasteiger partial charge in [0.15, 0.2) is 0 Å². The Kier molecular flexibility index (Phi) is 7.77. The molecule has 1 saturated carbocycles. The molecular weight excluding hydrogens is 312 g/mol. The van der Waals surface area contributed by atoms with Crippen LogP contribution in [-0.4, -0.2) is 25.1 Å². The zero-order valence-corrected chi connectivity index (χ0v) is 16.7. The van der Waals surface area contributed by atoms with Gasteiger partial charge in [-0.15, -0.1) is 0 Å². The standard InChI is InChI=1S/C22H36O3/c1-6-17(2)18-12-14-20(15-13-18)25-21(16-22(3,4)23-5)24-19-10-8-7-9-11-19/h12-15,17,19,21H,6-11,16H2,1-5H3. The number of rotatable bonds is 9. The van der Waals surface area contributed by atoms with E-state index in [0.717, 1.165) is 25.0 Å². The van der Waals surface area contributed by atoms with Crippen molar-refractivity contribution in [3.63, 3.8) is 0 Å². The molecule has 0 amide bonds. The Balaban J connectivity index is 2.03. The molecule has 0 heterocycles. The van der Waals surface area contributed by atoms with Crippen LogP contribution in [0.5, 0.6) is 5.75 Å². The van der Waals surface area contributed by atoms with Crippen molar-refractivity contribution >= 4 is 0 Å². The summed E-state index contributed by atoms with van der Waals surface area (Å²) < 4.78 is 18.2. The second-order valence-electron chi connectivity index (χ2n) is 7.99. The minimum atomic E-state index is -0.271. The third-order valence-electron chi connectivity index (χ3n) is 5.44. The number of hydrogen-bond acceptors (Lipinski definition) is 3. The zero-order valence-electron chi connectivity index (χ0n) is 16.7. The fourth-order valence-electron chi connectivity index (χ4n) is 3.28. The highest BCUT2D eigenvalue weighted by molar-refractivity contribution is 5.29. The number of benzene rings is 1. The van der Waals surface area contributed by atoms with Gasteiger partial charge in [-0.3, -0.25) is 0 Å². The fraction of sp³-hybridized carbons (Fsp3) is 0.727. The van der Waals surface area contributed by atoms with Gasteiger partial charge >= 0.3 is 0 Å². The van der Waals surface area contributed by atoms with Crippen LogP contribution in [0.3, 0.4) is 0 Å². The molecule has 0 N–H and O–H groups in total. The van der Waals surface area contributed by atoms with Crippen molar-refractivity contribution in [3.05, 3.63) is 29.8 Å². The van der Waals surface area contributed by atoms with Gasteiger partial charge in [0.2, 0.25) is 6.29 Å². The van der Waals surface area contributed by atoms with Crippen LogP contribution in [0.15, 0.2) is 24.3 Å². The summed E-state index contributed by atoms with van der Waals surface area (Å²) in [6.07, 6.45) is 8.02.